The summed E-state index contributed by atoms with van der Waals surface area (Å²) in [7, 11) is 0. The van der Waals surface area contributed by atoms with Gasteiger partial charge in [-0.25, -0.2) is 4.98 Å². The maximum Gasteiger partial charge on any atom is 0.123 e. The molecule has 0 saturated heterocycles. The Morgan fingerprint density at radius 1 is 1.38 bits per heavy atom. The van der Waals surface area contributed by atoms with E-state index in [2.05, 4.69) is 11.1 Å². The normalized spacial score (nSPS) is 9.46. The Labute approximate surface area is 80.1 Å². The first-order chi connectivity index (χ1) is 6.40. The summed E-state index contributed by atoms with van der Waals surface area (Å²) in [5.74, 6) is 0. The molecule has 0 unspecified atom stereocenters. The summed E-state index contributed by atoms with van der Waals surface area (Å²) in [6.45, 7) is 0. The number of rotatable bonds is 1. The second kappa shape index (κ2) is 3.38. The molecule has 2 rings (SSSR count). The van der Waals surface area contributed by atoms with Crippen molar-refractivity contribution in [2.45, 2.75) is 0 Å². The molecule has 0 aliphatic heterocycles. The van der Waals surface area contributed by atoms with E-state index in [1.165, 1.54) is 0 Å². The zero-order valence-corrected chi connectivity index (χ0v) is 7.58. The Balaban J connectivity index is 2.49. The molecule has 0 atom stereocenters. The number of aromatic nitrogens is 1. The third-order valence-corrected chi connectivity index (χ3v) is 2.49. The van der Waals surface area contributed by atoms with E-state index in [-0.39, 0.29) is 0 Å². The Hall–Kier alpha value is -1.66. The molecule has 2 nitrogen and oxygen atoms in total. The highest BCUT2D eigenvalue weighted by molar-refractivity contribution is 7.13. The Morgan fingerprint density at radius 2 is 2.31 bits per heavy atom. The summed E-state index contributed by atoms with van der Waals surface area (Å²) in [5, 5.41) is 11.6. The van der Waals surface area contributed by atoms with E-state index in [1.807, 2.05) is 23.6 Å². The average molecular weight is 186 g/mol. The largest absolute Gasteiger partial charge is 0.245 e. The van der Waals surface area contributed by atoms with Crippen LogP contribution in [0.3, 0.4) is 0 Å². The van der Waals surface area contributed by atoms with E-state index in [0.717, 1.165) is 10.6 Å². The molecule has 0 radical (unpaired) electrons. The summed E-state index contributed by atoms with van der Waals surface area (Å²) in [6.07, 6.45) is 1.76. The fourth-order valence-electron chi connectivity index (χ4n) is 1.09. The average Bonchev–Trinajstić information content (AvgIpc) is 2.71. The summed E-state index contributed by atoms with van der Waals surface area (Å²) in [4.78, 5) is 4.17. The Morgan fingerprint density at radius 3 is 3.00 bits per heavy atom. The first kappa shape index (κ1) is 7.96. The molecule has 62 valence electrons. The maximum absolute atomic E-state index is 8.69. The predicted octanol–water partition coefficient (Wildman–Crippen LogP) is 2.68. The molecule has 0 bridgehead atoms. The standard InChI is InChI=1S/C10H6N2S/c11-7-8-2-1-3-9(6-8)10-12-4-5-13-10/h1-6H. The molecular formula is C10H6N2S. The van der Waals surface area contributed by atoms with Gasteiger partial charge in [0.2, 0.25) is 0 Å². The molecule has 0 N–H and O–H groups in total. The lowest BCUT2D eigenvalue weighted by molar-refractivity contribution is 1.41. The quantitative estimate of drug-likeness (QED) is 0.686. The molecule has 0 amide bonds. The molecule has 0 aliphatic rings. The van der Waals surface area contributed by atoms with Gasteiger partial charge in [-0.2, -0.15) is 5.26 Å². The lowest BCUT2D eigenvalue weighted by Gasteiger charge is -1.94. The lowest BCUT2D eigenvalue weighted by Crippen LogP contribution is -1.77. The van der Waals surface area contributed by atoms with E-state index in [1.54, 1.807) is 23.6 Å². The van der Waals surface area contributed by atoms with Crippen molar-refractivity contribution in [2.24, 2.45) is 0 Å². The van der Waals surface area contributed by atoms with Gasteiger partial charge in [0.1, 0.15) is 5.01 Å². The van der Waals surface area contributed by atoms with Crippen molar-refractivity contribution in [3.8, 4) is 16.6 Å². The molecule has 13 heavy (non-hydrogen) atoms. The number of nitriles is 1. The predicted molar refractivity (Wildman–Crippen MR) is 52.3 cm³/mol. The minimum atomic E-state index is 0.674. The van der Waals surface area contributed by atoms with Crippen LogP contribution in [0.15, 0.2) is 35.8 Å². The van der Waals surface area contributed by atoms with Crippen LogP contribution < -0.4 is 0 Å². The van der Waals surface area contributed by atoms with Crippen molar-refractivity contribution in [1.29, 1.82) is 5.26 Å². The highest BCUT2D eigenvalue weighted by atomic mass is 32.1. The van der Waals surface area contributed by atoms with E-state index in [9.17, 15) is 0 Å². The highest BCUT2D eigenvalue weighted by Gasteiger charge is 1.99. The van der Waals surface area contributed by atoms with Gasteiger partial charge < -0.3 is 0 Å². The number of hydrogen-bond donors (Lipinski definition) is 0. The third kappa shape index (κ3) is 1.58. The second-order valence-electron chi connectivity index (χ2n) is 2.53. The monoisotopic (exact) mass is 186 g/mol. The van der Waals surface area contributed by atoms with Crippen molar-refractivity contribution < 1.29 is 0 Å². The van der Waals surface area contributed by atoms with E-state index in [4.69, 9.17) is 5.26 Å². The van der Waals surface area contributed by atoms with Crippen LogP contribution in [0.5, 0.6) is 0 Å². The number of nitrogens with zero attached hydrogens (tertiary/aromatic N) is 2. The van der Waals surface area contributed by atoms with Gasteiger partial charge in [0.25, 0.3) is 0 Å². The molecular weight excluding hydrogens is 180 g/mol. The van der Waals surface area contributed by atoms with Crippen LogP contribution in [0.1, 0.15) is 5.56 Å². The number of hydrogen-bond acceptors (Lipinski definition) is 3. The van der Waals surface area contributed by atoms with Crippen LogP contribution in [0, 0.1) is 11.3 Å². The minimum Gasteiger partial charge on any atom is -0.245 e. The van der Waals surface area contributed by atoms with Crippen molar-refractivity contribution in [3.63, 3.8) is 0 Å². The van der Waals surface area contributed by atoms with Crippen molar-refractivity contribution in [3.05, 3.63) is 41.4 Å². The fraction of sp³-hybridized carbons (Fsp3) is 0. The summed E-state index contributed by atoms with van der Waals surface area (Å²) < 4.78 is 0. The molecule has 0 aliphatic carbocycles. The summed E-state index contributed by atoms with van der Waals surface area (Å²) in [5.41, 5.74) is 1.68. The van der Waals surface area contributed by atoms with Crippen LogP contribution in [0.25, 0.3) is 10.6 Å². The van der Waals surface area contributed by atoms with Gasteiger partial charge in [-0.15, -0.1) is 11.3 Å². The topological polar surface area (TPSA) is 36.7 Å². The minimum absolute atomic E-state index is 0.674. The summed E-state index contributed by atoms with van der Waals surface area (Å²) >= 11 is 1.57. The van der Waals surface area contributed by atoms with Gasteiger partial charge in [0.05, 0.1) is 11.6 Å². The Kier molecular flexibility index (Phi) is 2.07. The number of benzene rings is 1. The van der Waals surface area contributed by atoms with E-state index in [0.29, 0.717) is 5.56 Å². The van der Waals surface area contributed by atoms with Gasteiger partial charge >= 0.3 is 0 Å². The molecule has 1 heterocycles. The van der Waals surface area contributed by atoms with Crippen LogP contribution in [-0.4, -0.2) is 4.98 Å². The fourth-order valence-corrected chi connectivity index (χ4v) is 1.72. The zero-order valence-electron chi connectivity index (χ0n) is 6.77. The van der Waals surface area contributed by atoms with E-state index < -0.39 is 0 Å². The third-order valence-electron chi connectivity index (χ3n) is 1.67. The van der Waals surface area contributed by atoms with Gasteiger partial charge in [0.15, 0.2) is 0 Å². The molecule has 1 aromatic carbocycles. The highest BCUT2D eigenvalue weighted by Crippen LogP contribution is 2.21. The molecule has 0 spiro atoms. The van der Waals surface area contributed by atoms with Crippen molar-refractivity contribution in [1.82, 2.24) is 4.98 Å². The molecule has 2 aromatic rings. The Bertz CT molecular complexity index is 440. The molecule has 3 heteroatoms. The lowest BCUT2D eigenvalue weighted by atomic mass is 10.1. The van der Waals surface area contributed by atoms with Crippen LogP contribution >= 0.6 is 11.3 Å². The van der Waals surface area contributed by atoms with Gasteiger partial charge in [-0.1, -0.05) is 12.1 Å². The van der Waals surface area contributed by atoms with Crippen LogP contribution in [-0.2, 0) is 0 Å². The molecule has 0 fully saturated rings. The van der Waals surface area contributed by atoms with E-state index >= 15 is 0 Å². The first-order valence-electron chi connectivity index (χ1n) is 3.80. The SMILES string of the molecule is N#Cc1cccc(-c2nccs2)c1. The smallest absolute Gasteiger partial charge is 0.123 e. The van der Waals surface area contributed by atoms with Crippen molar-refractivity contribution >= 4 is 11.3 Å². The van der Waals surface area contributed by atoms with Gasteiger partial charge in [-0.05, 0) is 12.1 Å². The molecule has 0 saturated carbocycles. The first-order valence-corrected chi connectivity index (χ1v) is 4.68. The second-order valence-corrected chi connectivity index (χ2v) is 3.42. The number of thiazole rings is 1. The maximum atomic E-state index is 8.69. The van der Waals surface area contributed by atoms with Gasteiger partial charge in [0, 0.05) is 17.1 Å². The zero-order chi connectivity index (χ0) is 9.10. The van der Waals surface area contributed by atoms with Gasteiger partial charge in [-0.3, -0.25) is 0 Å². The summed E-state index contributed by atoms with van der Waals surface area (Å²) in [6, 6.07) is 9.57. The van der Waals surface area contributed by atoms with Crippen LogP contribution in [0.2, 0.25) is 0 Å². The van der Waals surface area contributed by atoms with Crippen LogP contribution in [0.4, 0.5) is 0 Å². The molecule has 1 aromatic heterocycles. The van der Waals surface area contributed by atoms with Crippen molar-refractivity contribution in [2.75, 3.05) is 0 Å².